The van der Waals surface area contributed by atoms with Gasteiger partial charge in [-0.25, -0.2) is 9.67 Å². The molecule has 1 aromatic heterocycles. The van der Waals surface area contributed by atoms with Crippen LogP contribution in [0, 0.1) is 0 Å². The molecule has 0 spiro atoms. The second kappa shape index (κ2) is 7.11. The zero-order chi connectivity index (χ0) is 18.1. The van der Waals surface area contributed by atoms with Crippen molar-refractivity contribution in [3.05, 3.63) is 46.5 Å². The van der Waals surface area contributed by atoms with Gasteiger partial charge in [0, 0.05) is 22.0 Å². The van der Waals surface area contributed by atoms with Crippen molar-refractivity contribution in [3.8, 4) is 0 Å². The quantitative estimate of drug-likeness (QED) is 0.745. The lowest BCUT2D eigenvalue weighted by Crippen LogP contribution is -2.34. The topological polar surface area (TPSA) is 49.2 Å². The summed E-state index contributed by atoms with van der Waals surface area (Å²) in [5, 5.41) is 4.86. The molecule has 1 aliphatic heterocycles. The third-order valence-electron chi connectivity index (χ3n) is 3.88. The first kappa shape index (κ1) is 18.4. The SMILES string of the molecule is FC(F)(F)CO[C@H]1CC[C@](Cn2cncn2)([14c]2[14cH][14cH][14c](Cl)[14cH][14c]2Cl)O1. The summed E-state index contributed by atoms with van der Waals surface area (Å²) >= 11 is 12.2. The number of hydrogen-bond acceptors (Lipinski definition) is 4. The van der Waals surface area contributed by atoms with Crippen molar-refractivity contribution in [3.63, 3.8) is 0 Å². The molecule has 0 aliphatic carbocycles. The molecule has 0 radical (unpaired) electrons. The molecule has 2 atom stereocenters. The Morgan fingerprint density at radius 3 is 2.84 bits per heavy atom. The fraction of sp³-hybridized carbons (Fsp3) is 0.467. The van der Waals surface area contributed by atoms with Crippen LogP contribution in [0.3, 0.4) is 0 Å². The number of halogens is 5. The minimum Gasteiger partial charge on any atom is -0.343 e. The Labute approximate surface area is 151 Å². The second-order valence-corrected chi connectivity index (χ2v) is 6.57. The van der Waals surface area contributed by atoms with Crippen molar-refractivity contribution in [2.45, 2.75) is 37.5 Å². The van der Waals surface area contributed by atoms with Gasteiger partial charge in [-0.2, -0.15) is 18.3 Å². The van der Waals surface area contributed by atoms with Crippen LogP contribution in [0.1, 0.15) is 18.4 Å². The van der Waals surface area contributed by atoms with Crippen LogP contribution in [0.5, 0.6) is 0 Å². The third-order valence-corrected chi connectivity index (χ3v) is 4.43. The summed E-state index contributed by atoms with van der Waals surface area (Å²) in [6, 6.07) is 4.92. The molecule has 2 heterocycles. The highest BCUT2D eigenvalue weighted by Crippen LogP contribution is 2.44. The lowest BCUT2D eigenvalue weighted by atomic mass is 10.1. The molecule has 10 heteroatoms. The van der Waals surface area contributed by atoms with Gasteiger partial charge in [0.2, 0.25) is 0 Å². The highest BCUT2D eigenvalue weighted by atomic mass is 35.5. The molecule has 0 saturated carbocycles. The van der Waals surface area contributed by atoms with Crippen LogP contribution in [0.2, 0.25) is 10.0 Å². The Morgan fingerprint density at radius 1 is 1.40 bits per heavy atom. The van der Waals surface area contributed by atoms with E-state index in [2.05, 4.69) is 10.1 Å². The zero-order valence-electron chi connectivity index (χ0n) is 12.8. The lowest BCUT2D eigenvalue weighted by molar-refractivity contribution is -0.239. The highest BCUT2D eigenvalue weighted by molar-refractivity contribution is 6.35. The molecular weight excluding hydrogens is 394 g/mol. The monoisotopic (exact) mass is 407 g/mol. The standard InChI is InChI=1S/C15H14Cl2F3N3O2/c16-10-1-2-11(12(17)5-10)14(6-23-9-21-8-22-23)4-3-13(25-14)24-7-15(18,19)20/h1-2,5,8-9,13H,3-4,6-7H2/t13-,14+/m1/s1/i1+2,2+2,5+2,10+2,11+2,12+2. The van der Waals surface area contributed by atoms with Crippen LogP contribution in [0.15, 0.2) is 30.9 Å². The summed E-state index contributed by atoms with van der Waals surface area (Å²) in [4.78, 5) is 3.88. The molecule has 0 amide bonds. The number of nitrogens with zero attached hydrogens (tertiary/aromatic N) is 3. The number of alkyl halides is 3. The largest absolute Gasteiger partial charge is 0.411 e. The average molecular weight is 408 g/mol. The predicted molar refractivity (Wildman–Crippen MR) is 84.3 cm³/mol. The van der Waals surface area contributed by atoms with Crippen LogP contribution in [0.4, 0.5) is 13.2 Å². The lowest BCUT2D eigenvalue weighted by Gasteiger charge is -2.30. The molecule has 5 nitrogen and oxygen atoms in total. The smallest absolute Gasteiger partial charge is 0.343 e. The van der Waals surface area contributed by atoms with Gasteiger partial charge >= 0.3 is 6.18 Å². The molecule has 136 valence electrons. The molecule has 25 heavy (non-hydrogen) atoms. The summed E-state index contributed by atoms with van der Waals surface area (Å²) < 4.78 is 49.5. The maximum absolute atomic E-state index is 12.4. The van der Waals surface area contributed by atoms with Gasteiger partial charge in [-0.3, -0.25) is 0 Å². The number of aromatic nitrogens is 3. The van der Waals surface area contributed by atoms with Gasteiger partial charge in [0.1, 0.15) is 24.9 Å². The van der Waals surface area contributed by atoms with Crippen LogP contribution in [-0.2, 0) is 21.6 Å². The normalized spacial score (nSPS) is 24.0. The van der Waals surface area contributed by atoms with Crippen LogP contribution in [0.25, 0.3) is 0 Å². The Hall–Kier alpha value is -1.35. The van der Waals surface area contributed by atoms with E-state index in [1.807, 2.05) is 0 Å². The van der Waals surface area contributed by atoms with E-state index in [1.54, 1.807) is 18.2 Å². The molecule has 3 rings (SSSR count). The van der Waals surface area contributed by atoms with Gasteiger partial charge < -0.3 is 9.47 Å². The molecule has 2 aromatic rings. The van der Waals surface area contributed by atoms with Crippen molar-refractivity contribution in [2.24, 2.45) is 0 Å². The fourth-order valence-corrected chi connectivity index (χ4v) is 3.44. The van der Waals surface area contributed by atoms with E-state index in [1.165, 1.54) is 17.3 Å². The maximum Gasteiger partial charge on any atom is 0.411 e. The van der Waals surface area contributed by atoms with Gasteiger partial charge in [-0.15, -0.1) is 0 Å². The number of hydrogen-bond donors (Lipinski definition) is 0. The molecule has 1 saturated heterocycles. The van der Waals surface area contributed by atoms with Crippen molar-refractivity contribution in [1.82, 2.24) is 14.8 Å². The van der Waals surface area contributed by atoms with Gasteiger partial charge in [-0.05, 0) is 18.6 Å². The summed E-state index contributed by atoms with van der Waals surface area (Å²) in [5.41, 5.74) is -0.363. The van der Waals surface area contributed by atoms with E-state index >= 15 is 0 Å². The molecule has 0 unspecified atom stereocenters. The van der Waals surface area contributed by atoms with E-state index in [-0.39, 0.29) is 6.54 Å². The summed E-state index contributed by atoms with van der Waals surface area (Å²) in [7, 11) is 0. The minimum atomic E-state index is -4.42. The molecule has 1 aromatic carbocycles. The molecule has 1 fully saturated rings. The summed E-state index contributed by atoms with van der Waals surface area (Å²) in [6.45, 7) is -1.13. The first-order valence-corrected chi connectivity index (χ1v) is 8.17. The maximum atomic E-state index is 12.4. The van der Waals surface area contributed by atoms with Gasteiger partial charge in [0.15, 0.2) is 6.29 Å². The van der Waals surface area contributed by atoms with E-state index in [4.69, 9.17) is 32.7 Å². The van der Waals surface area contributed by atoms with E-state index in [9.17, 15) is 13.2 Å². The van der Waals surface area contributed by atoms with E-state index in [0.717, 1.165) is 0 Å². The average Bonchev–Trinajstić information content (AvgIpc) is 3.15. The Balaban J connectivity index is 1.86. The summed E-state index contributed by atoms with van der Waals surface area (Å²) in [6.07, 6.45) is -1.83. The number of benzene rings is 1. The van der Waals surface area contributed by atoms with Gasteiger partial charge in [-0.1, -0.05) is 29.3 Å². The van der Waals surface area contributed by atoms with Crippen LogP contribution >= 0.6 is 23.2 Å². The Kier molecular flexibility index (Phi) is 5.24. The van der Waals surface area contributed by atoms with Crippen molar-refractivity contribution in [2.75, 3.05) is 6.61 Å². The summed E-state index contributed by atoms with van der Waals surface area (Å²) in [5.74, 6) is 0. The van der Waals surface area contributed by atoms with Gasteiger partial charge in [0.05, 0.1) is 6.54 Å². The highest BCUT2D eigenvalue weighted by Gasteiger charge is 2.45. The van der Waals surface area contributed by atoms with Crippen molar-refractivity contribution >= 4 is 23.2 Å². The van der Waals surface area contributed by atoms with Crippen LogP contribution in [-0.4, -0.2) is 33.8 Å². The predicted octanol–water partition coefficient (Wildman–Crippen LogP) is 4.20. The van der Waals surface area contributed by atoms with Gasteiger partial charge in [0.25, 0.3) is 0 Å². The molecule has 0 bridgehead atoms. The van der Waals surface area contributed by atoms with Crippen LogP contribution < -0.4 is 0 Å². The van der Waals surface area contributed by atoms with Crippen molar-refractivity contribution in [1.29, 1.82) is 0 Å². The van der Waals surface area contributed by atoms with Crippen molar-refractivity contribution < 1.29 is 22.6 Å². The van der Waals surface area contributed by atoms with E-state index in [0.29, 0.717) is 28.5 Å². The Morgan fingerprint density at radius 2 is 2.20 bits per heavy atom. The number of rotatable bonds is 5. The number of ether oxygens (including phenoxy) is 2. The first-order valence-electron chi connectivity index (χ1n) is 7.42. The first-order chi connectivity index (χ1) is 11.8. The molecule has 1 aliphatic rings. The second-order valence-electron chi connectivity index (χ2n) is 5.72. The Bertz CT molecular complexity index is 727. The van der Waals surface area contributed by atoms with E-state index < -0.39 is 24.7 Å². The molecule has 0 N–H and O–H groups in total. The molecular formula is C15H14Cl2F3N3O2. The zero-order valence-corrected chi connectivity index (χ0v) is 14.4. The minimum absolute atomic E-state index is 0.236. The fourth-order valence-electron chi connectivity index (χ4n) is 2.86. The third kappa shape index (κ3) is 4.44.